The van der Waals surface area contributed by atoms with Crippen molar-refractivity contribution >= 4 is 128 Å². The van der Waals surface area contributed by atoms with Gasteiger partial charge < -0.3 is 19.7 Å². The summed E-state index contributed by atoms with van der Waals surface area (Å²) in [5.41, 5.74) is 10.6. The number of aromatic nitrogens is 18. The summed E-state index contributed by atoms with van der Waals surface area (Å²) in [6.07, 6.45) is 4.84. The lowest BCUT2D eigenvalue weighted by Gasteiger charge is -2.06. The van der Waals surface area contributed by atoms with E-state index in [-0.39, 0.29) is 120 Å². The van der Waals surface area contributed by atoms with Crippen LogP contribution in [0.15, 0.2) is 280 Å². The third-order valence-electron chi connectivity index (χ3n) is 20.4. The molecule has 0 atom stereocenters. The molecule has 0 spiro atoms. The quantitative estimate of drug-likeness (QED) is 0.0470. The van der Waals surface area contributed by atoms with E-state index in [2.05, 4.69) is 60.5 Å². The molecule has 46 heteroatoms. The fourth-order valence-corrected chi connectivity index (χ4v) is 25.9. The number of rotatable bonds is 22. The second-order valence-corrected chi connectivity index (χ2v) is 44.8. The molecule has 138 heavy (non-hydrogen) atoms. The van der Waals surface area contributed by atoms with E-state index in [4.69, 9.17) is 19.7 Å². The van der Waals surface area contributed by atoms with Crippen LogP contribution in [0, 0.1) is 101 Å². The Labute approximate surface area is 805 Å². The molecule has 0 radical (unpaired) electrons. The predicted molar refractivity (Wildman–Crippen MR) is 511 cm³/mol. The van der Waals surface area contributed by atoms with Crippen LogP contribution in [-0.2, 0) is 59.0 Å². The largest absolute Gasteiger partial charge is 0.473 e. The molecule has 12 aromatic heterocycles. The Hall–Kier alpha value is -12.9. The van der Waals surface area contributed by atoms with Crippen molar-refractivity contribution in [1.29, 1.82) is 0 Å². The Morgan fingerprint density at radius 2 is 0.543 bits per heavy atom. The first-order chi connectivity index (χ1) is 65.4. The highest BCUT2D eigenvalue weighted by Gasteiger charge is 2.36. The number of aliphatic hydroxyl groups excluding tert-OH is 2. The van der Waals surface area contributed by atoms with Gasteiger partial charge in [0.1, 0.15) is 50.6 Å². The number of aliphatic hydroxyl groups is 2. The standard InChI is InChI=1S/C16H16FN3O4S.C16H17N3O4S.C16H17N3O2S2.C15H14FN3O2S2.C15H15N3O2S2.C14H12FN3O2S/c1-10-9-11(2)20-15(18-10)14(16(19-20)24-8-7-21)25(22,23)13-5-3-12(17)4-6-13;1-11-10-12(2)19-15(17-11)14(16(18-19)23-9-8-20)24(21,22)13-6-4-3-5-7-13;1-4-22-16-14(23(20,21)13-8-6-5-7-9-13)15-17-11(2)10-12(3)19(15)18-16;1-9-8-10(2)19-14(17-9)13(15(18-19)22-3)23(20,21)12-6-4-11(16)5-7-12;1-10-9-11(2)18-14(16-10)13(15(17-18)21-3)22(19,20)12-7-5-4-6-8-12;1-9-7-10(2)18-14(17-9)13(8-16-18)21(19,20)12-5-3-11(15)4-6-12/h3-6,9,21H,7-8H2,1-2H3;3-7,10,20H,8-9H2,1-2H3;5-10H,4H2,1-3H3;4-8H,1-3H3;4-9H,1-3H3;3-8H,1-2H3. The lowest BCUT2D eigenvalue weighted by Crippen LogP contribution is -2.08. The van der Waals surface area contributed by atoms with E-state index in [1.165, 1.54) is 108 Å². The Balaban J connectivity index is 0.000000140. The van der Waals surface area contributed by atoms with Gasteiger partial charge in [-0.05, 0) is 247 Å². The lowest BCUT2D eigenvalue weighted by molar-refractivity contribution is 0.193. The Morgan fingerprint density at radius 3 is 0.826 bits per heavy atom. The number of halogens is 3. The maximum absolute atomic E-state index is 13.1. The zero-order valence-corrected chi connectivity index (χ0v) is 84.0. The molecule has 0 saturated carbocycles. The number of nitrogens with zero attached hydrogens (tertiary/aromatic N) is 18. The molecular weight excluding hydrogens is 1960 g/mol. The third-order valence-corrected chi connectivity index (χ3v) is 33.7. The maximum atomic E-state index is 13.1. The van der Waals surface area contributed by atoms with Crippen LogP contribution in [-0.4, -0.2) is 193 Å². The SMILES string of the molecule is CCSc1nn2c(C)cc(C)nc2c1S(=O)(=O)c1ccccc1.CSc1nn2c(C)cc(C)nc2c1S(=O)(=O)c1ccc(F)cc1.CSc1nn2c(C)cc(C)nc2c1S(=O)(=O)c1ccccc1.Cc1cc(C)n2nc(OCCO)c(S(=O)(=O)c3ccc(F)cc3)c2n1.Cc1cc(C)n2nc(OCCO)c(S(=O)(=O)c3ccccc3)c2n1.Cc1cc(C)n2ncc(S(=O)(=O)c3ccc(F)cc3)c2n1. The van der Waals surface area contributed by atoms with Crippen molar-refractivity contribution in [3.8, 4) is 11.8 Å². The van der Waals surface area contributed by atoms with Crippen LogP contribution < -0.4 is 9.47 Å². The van der Waals surface area contributed by atoms with Crippen molar-refractivity contribution < 1.29 is 83.4 Å². The van der Waals surface area contributed by atoms with E-state index in [9.17, 15) is 63.7 Å². The normalized spacial score (nSPS) is 11.9. The Morgan fingerprint density at radius 1 is 0.304 bits per heavy atom. The second-order valence-electron chi connectivity index (χ2n) is 30.6. The van der Waals surface area contributed by atoms with Crippen LogP contribution in [0.3, 0.4) is 0 Å². The molecule has 720 valence electrons. The summed E-state index contributed by atoms with van der Waals surface area (Å²) in [5.74, 6) is -0.995. The number of fused-ring (bicyclic) bond motifs is 6. The molecule has 0 aliphatic carbocycles. The topological polar surface area (TPSA) is 445 Å². The molecule has 0 aliphatic rings. The van der Waals surface area contributed by atoms with Crippen molar-refractivity contribution in [2.24, 2.45) is 0 Å². The van der Waals surface area contributed by atoms with Gasteiger partial charge in [0, 0.05) is 68.3 Å². The van der Waals surface area contributed by atoms with Crippen LogP contribution in [0.2, 0.25) is 0 Å². The number of hydrogen-bond acceptors (Lipinski definition) is 31. The van der Waals surface area contributed by atoms with Gasteiger partial charge in [-0.25, -0.2) is 121 Å². The number of hydrogen-bond donors (Lipinski definition) is 2. The molecular formula is C92H91F3N18O16S9. The molecule has 6 aromatic carbocycles. The minimum Gasteiger partial charge on any atom is -0.473 e. The molecule has 0 amide bonds. The van der Waals surface area contributed by atoms with Gasteiger partial charge in [0.15, 0.2) is 58.4 Å². The molecule has 0 fully saturated rings. The summed E-state index contributed by atoms with van der Waals surface area (Å²) in [5, 5.41) is 45.0. The van der Waals surface area contributed by atoms with Crippen LogP contribution in [0.5, 0.6) is 11.8 Å². The number of thioether (sulfide) groups is 3. The summed E-state index contributed by atoms with van der Waals surface area (Å²) in [4.78, 5) is 26.8. The van der Waals surface area contributed by atoms with Gasteiger partial charge in [-0.2, -0.15) is 20.4 Å². The van der Waals surface area contributed by atoms with Gasteiger partial charge >= 0.3 is 0 Å². The average Bonchev–Trinajstić information content (AvgIpc) is 1.60. The van der Waals surface area contributed by atoms with E-state index in [1.807, 2.05) is 85.9 Å². The zero-order chi connectivity index (χ0) is 100. The molecule has 0 saturated heterocycles. The molecule has 0 aliphatic heterocycles. The molecule has 2 N–H and O–H groups in total. The number of aryl methyl sites for hydroxylation is 12. The average molecular weight is 2050 g/mol. The minimum atomic E-state index is -4.05. The molecule has 0 bridgehead atoms. The number of sulfone groups is 6. The van der Waals surface area contributed by atoms with Crippen molar-refractivity contribution in [2.75, 3.05) is 44.7 Å². The van der Waals surface area contributed by atoms with E-state index in [1.54, 1.807) is 141 Å². The molecule has 12 heterocycles. The summed E-state index contributed by atoms with van der Waals surface area (Å²) in [6, 6.07) is 49.8. The van der Waals surface area contributed by atoms with E-state index >= 15 is 0 Å². The lowest BCUT2D eigenvalue weighted by atomic mass is 10.3. The van der Waals surface area contributed by atoms with E-state index in [0.29, 0.717) is 54.8 Å². The summed E-state index contributed by atoms with van der Waals surface area (Å²) >= 11 is 3.95. The van der Waals surface area contributed by atoms with Crippen LogP contribution in [0.1, 0.15) is 75.3 Å². The van der Waals surface area contributed by atoms with Crippen molar-refractivity contribution in [3.63, 3.8) is 0 Å². The Kier molecular flexibility index (Phi) is 31.3. The van der Waals surface area contributed by atoms with Crippen molar-refractivity contribution in [1.82, 2.24) is 87.6 Å². The first kappa shape index (κ1) is 103. The van der Waals surface area contributed by atoms with Gasteiger partial charge in [0.2, 0.25) is 59.0 Å². The highest BCUT2D eigenvalue weighted by atomic mass is 32.2. The number of ether oxygens (including phenoxy) is 2. The summed E-state index contributed by atoms with van der Waals surface area (Å²) in [6.45, 7) is 23.1. The van der Waals surface area contributed by atoms with Crippen molar-refractivity contribution in [3.05, 3.63) is 292 Å². The monoisotopic (exact) mass is 2050 g/mol. The van der Waals surface area contributed by atoms with E-state index in [0.717, 1.165) is 82.0 Å². The van der Waals surface area contributed by atoms with Crippen LogP contribution >= 0.6 is 35.3 Å². The maximum Gasteiger partial charge on any atom is 0.255 e. The van der Waals surface area contributed by atoms with Gasteiger partial charge in [0.25, 0.3) is 11.8 Å². The van der Waals surface area contributed by atoms with Crippen molar-refractivity contribution in [2.45, 2.75) is 164 Å². The smallest absolute Gasteiger partial charge is 0.255 e. The molecule has 18 aromatic rings. The fraction of sp³-hybridized carbons (Fsp3) is 0.217. The minimum absolute atomic E-state index is 0.0137. The van der Waals surface area contributed by atoms with Gasteiger partial charge in [-0.3, -0.25) is 0 Å². The van der Waals surface area contributed by atoms with Crippen LogP contribution in [0.25, 0.3) is 33.9 Å². The summed E-state index contributed by atoms with van der Waals surface area (Å²) in [7, 11) is -22.9. The van der Waals surface area contributed by atoms with Gasteiger partial charge in [-0.15, -0.1) is 45.5 Å². The molecule has 34 nitrogen and oxygen atoms in total. The fourth-order valence-electron chi connectivity index (χ4n) is 14.4. The van der Waals surface area contributed by atoms with Crippen LogP contribution in [0.4, 0.5) is 13.2 Å². The van der Waals surface area contributed by atoms with Gasteiger partial charge in [-0.1, -0.05) is 61.5 Å². The highest BCUT2D eigenvalue weighted by Crippen LogP contribution is 2.40. The third kappa shape index (κ3) is 21.4. The predicted octanol–water partition coefficient (Wildman–Crippen LogP) is 14.8. The number of benzene rings is 6. The second kappa shape index (κ2) is 42.2. The Bertz CT molecular complexity index is 8380. The first-order valence-corrected chi connectivity index (χ1v) is 54.0. The summed E-state index contributed by atoms with van der Waals surface area (Å²) < 4.78 is 215. The molecule has 0 unspecified atom stereocenters. The van der Waals surface area contributed by atoms with Gasteiger partial charge in [0.05, 0.1) is 48.8 Å². The highest BCUT2D eigenvalue weighted by molar-refractivity contribution is 8.00. The van der Waals surface area contributed by atoms with E-state index < -0.39 is 76.5 Å². The molecule has 18 rings (SSSR count). The zero-order valence-electron chi connectivity index (χ0n) is 76.6. The first-order valence-electron chi connectivity index (χ1n) is 41.7.